The van der Waals surface area contributed by atoms with Crippen LogP contribution in [0.15, 0.2) is 58.3 Å². The number of sulfonamides is 1. The second-order valence-electron chi connectivity index (χ2n) is 10.4. The number of carbonyl (C=O) groups is 2. The highest BCUT2D eigenvalue weighted by Crippen LogP contribution is 2.32. The van der Waals surface area contributed by atoms with Crippen LogP contribution in [0.4, 0.5) is 26.3 Å². The summed E-state index contributed by atoms with van der Waals surface area (Å²) in [6.45, 7) is 0.135. The molecule has 0 spiro atoms. The Labute approximate surface area is 268 Å². The molecule has 2 fully saturated rings. The van der Waals surface area contributed by atoms with E-state index >= 15 is 0 Å². The maximum Gasteiger partial charge on any atom is 0.471 e. The van der Waals surface area contributed by atoms with Crippen LogP contribution in [-0.4, -0.2) is 84.0 Å². The highest BCUT2D eigenvalue weighted by molar-refractivity contribution is 8.13. The molecular formula is C28H34ClF6N3O6S2. The summed E-state index contributed by atoms with van der Waals surface area (Å²) in [5.74, 6) is -3.61. The van der Waals surface area contributed by atoms with Crippen LogP contribution in [0.25, 0.3) is 0 Å². The van der Waals surface area contributed by atoms with Crippen LogP contribution < -0.4 is 4.72 Å². The number of alkyl halides is 6. The maximum absolute atomic E-state index is 12.4. The monoisotopic (exact) mass is 721 g/mol. The topological polar surface area (TPSA) is 121 Å². The van der Waals surface area contributed by atoms with Gasteiger partial charge in [-0.2, -0.15) is 26.3 Å². The number of hydrogen-bond donors (Lipinski definition) is 1. The summed E-state index contributed by atoms with van der Waals surface area (Å²) < 4.78 is 122. The van der Waals surface area contributed by atoms with E-state index in [0.717, 1.165) is 20.9 Å². The molecule has 0 unspecified atom stereocenters. The van der Waals surface area contributed by atoms with Crippen molar-refractivity contribution < 1.29 is 52.8 Å². The summed E-state index contributed by atoms with van der Waals surface area (Å²) in [5, 5.41) is 0. The molecule has 2 amide bonds. The summed E-state index contributed by atoms with van der Waals surface area (Å²) in [4.78, 5) is 24.0. The number of benzene rings is 2. The molecular weight excluding hydrogens is 688 g/mol. The molecule has 2 aromatic rings. The summed E-state index contributed by atoms with van der Waals surface area (Å²) in [5.41, 5.74) is 1.68. The van der Waals surface area contributed by atoms with Crippen molar-refractivity contribution in [3.05, 3.63) is 59.7 Å². The van der Waals surface area contributed by atoms with Crippen molar-refractivity contribution in [2.24, 2.45) is 0 Å². The predicted molar refractivity (Wildman–Crippen MR) is 158 cm³/mol. The first kappa shape index (κ1) is 39.3. The SMILES string of the molecule is C.CNS(=O)(=O)c1ccc(C2CCN(C(=O)C(F)(F)F)CC2)cc1.O=C(N1CCC(c2ccc(S(=O)(=O)Cl)cc2)CC1)C(F)(F)F. The number of hydrogen-bond acceptors (Lipinski definition) is 6. The van der Waals surface area contributed by atoms with E-state index in [4.69, 9.17) is 10.7 Å². The molecule has 0 aromatic heterocycles. The molecule has 2 saturated heterocycles. The zero-order chi connectivity index (χ0) is 33.8. The normalized spacial score (nSPS) is 17.0. The molecule has 46 heavy (non-hydrogen) atoms. The van der Waals surface area contributed by atoms with Gasteiger partial charge < -0.3 is 9.80 Å². The number of likely N-dealkylation sites (tertiary alicyclic amines) is 2. The summed E-state index contributed by atoms with van der Waals surface area (Å²) >= 11 is 0. The third kappa shape index (κ3) is 10.3. The second kappa shape index (κ2) is 15.3. The van der Waals surface area contributed by atoms with E-state index in [1.54, 1.807) is 24.3 Å². The number of amides is 2. The van der Waals surface area contributed by atoms with Gasteiger partial charge in [-0.15, -0.1) is 0 Å². The van der Waals surface area contributed by atoms with E-state index in [9.17, 15) is 52.8 Å². The second-order valence-corrected chi connectivity index (χ2v) is 14.9. The predicted octanol–water partition coefficient (Wildman–Crippen LogP) is 5.38. The van der Waals surface area contributed by atoms with Crippen LogP contribution in [0.5, 0.6) is 0 Å². The van der Waals surface area contributed by atoms with Crippen molar-refractivity contribution in [1.29, 1.82) is 0 Å². The number of carbonyl (C=O) groups excluding carboxylic acids is 2. The number of piperidine rings is 2. The van der Waals surface area contributed by atoms with E-state index < -0.39 is 43.2 Å². The van der Waals surface area contributed by atoms with Crippen LogP contribution in [0.1, 0.15) is 56.1 Å². The first-order chi connectivity index (χ1) is 20.7. The van der Waals surface area contributed by atoms with Crippen LogP contribution >= 0.6 is 10.7 Å². The molecule has 2 heterocycles. The minimum Gasteiger partial charge on any atom is -0.335 e. The molecule has 0 radical (unpaired) electrons. The fraction of sp³-hybridized carbons (Fsp3) is 0.500. The van der Waals surface area contributed by atoms with Crippen molar-refractivity contribution in [2.45, 2.75) is 67.1 Å². The molecule has 2 aliphatic heterocycles. The van der Waals surface area contributed by atoms with Crippen molar-refractivity contribution in [2.75, 3.05) is 33.2 Å². The van der Waals surface area contributed by atoms with Gasteiger partial charge in [0, 0.05) is 36.9 Å². The Kier molecular flexibility index (Phi) is 13.1. The Morgan fingerprint density at radius 3 is 1.24 bits per heavy atom. The molecule has 1 N–H and O–H groups in total. The van der Waals surface area contributed by atoms with Gasteiger partial charge in [-0.3, -0.25) is 9.59 Å². The lowest BCUT2D eigenvalue weighted by atomic mass is 9.89. The molecule has 0 saturated carbocycles. The molecule has 2 aromatic carbocycles. The fourth-order valence-electron chi connectivity index (χ4n) is 5.13. The van der Waals surface area contributed by atoms with Crippen molar-refractivity contribution in [3.8, 4) is 0 Å². The zero-order valence-corrected chi connectivity index (χ0v) is 26.1. The first-order valence-electron chi connectivity index (χ1n) is 13.5. The van der Waals surface area contributed by atoms with Gasteiger partial charge in [0.15, 0.2) is 0 Å². The summed E-state index contributed by atoms with van der Waals surface area (Å²) in [7, 11) is -0.771. The number of rotatable bonds is 5. The van der Waals surface area contributed by atoms with Crippen LogP contribution in [0, 0.1) is 0 Å². The average molecular weight is 722 g/mol. The Hall–Kier alpha value is -2.89. The molecule has 0 bridgehead atoms. The van der Waals surface area contributed by atoms with E-state index in [2.05, 4.69) is 4.72 Å². The molecule has 0 atom stereocenters. The standard InChI is InChI=1S/C14H17F3N2O3S.C13H13ClF3NO3S.CH4/c1-18-23(21,22)12-4-2-10(3-5-12)11-6-8-19(9-7-11)13(20)14(15,16)17;14-22(20,21)11-3-1-9(2-4-11)10-5-7-18(8-6-10)12(19)13(15,16)17;/h2-5,11,18H,6-9H2,1H3;1-4,10H,5-8H2;1H4. The zero-order valence-electron chi connectivity index (χ0n) is 23.7. The lowest BCUT2D eigenvalue weighted by Gasteiger charge is -2.32. The third-order valence-corrected chi connectivity index (χ3v) is 10.4. The number of halogens is 7. The molecule has 0 aliphatic carbocycles. The quantitative estimate of drug-likeness (QED) is 0.327. The first-order valence-corrected chi connectivity index (χ1v) is 17.3. The lowest BCUT2D eigenvalue weighted by Crippen LogP contribution is -2.45. The summed E-state index contributed by atoms with van der Waals surface area (Å²) in [6, 6.07) is 12.2. The Morgan fingerprint density at radius 2 is 0.978 bits per heavy atom. The van der Waals surface area contributed by atoms with Gasteiger partial charge in [-0.1, -0.05) is 31.7 Å². The van der Waals surface area contributed by atoms with Gasteiger partial charge in [0.1, 0.15) is 0 Å². The minimum absolute atomic E-state index is 0. The maximum atomic E-state index is 12.4. The Balaban J connectivity index is 0.000000314. The van der Waals surface area contributed by atoms with Crippen molar-refractivity contribution >= 4 is 41.6 Å². The number of nitrogens with one attached hydrogen (secondary N) is 1. The van der Waals surface area contributed by atoms with E-state index in [1.165, 1.54) is 31.3 Å². The summed E-state index contributed by atoms with van der Waals surface area (Å²) in [6.07, 6.45) is -8.05. The van der Waals surface area contributed by atoms with Gasteiger partial charge in [0.2, 0.25) is 10.0 Å². The molecule has 258 valence electrons. The van der Waals surface area contributed by atoms with Gasteiger partial charge >= 0.3 is 24.2 Å². The molecule has 4 rings (SSSR count). The van der Waals surface area contributed by atoms with Gasteiger partial charge in [-0.05, 0) is 80.0 Å². The van der Waals surface area contributed by atoms with Crippen molar-refractivity contribution in [3.63, 3.8) is 0 Å². The average Bonchev–Trinajstić information content (AvgIpc) is 2.99. The molecule has 18 heteroatoms. The van der Waals surface area contributed by atoms with Crippen molar-refractivity contribution in [1.82, 2.24) is 14.5 Å². The van der Waals surface area contributed by atoms with Crippen LogP contribution in [0.2, 0.25) is 0 Å². The highest BCUT2D eigenvalue weighted by atomic mass is 35.7. The Bertz CT molecular complexity index is 1550. The van der Waals surface area contributed by atoms with Gasteiger partial charge in [0.05, 0.1) is 9.79 Å². The van der Waals surface area contributed by atoms with Gasteiger partial charge in [0.25, 0.3) is 9.05 Å². The smallest absolute Gasteiger partial charge is 0.335 e. The van der Waals surface area contributed by atoms with Crippen LogP contribution in [0.3, 0.4) is 0 Å². The number of nitrogens with zero attached hydrogens (tertiary/aromatic N) is 2. The Morgan fingerprint density at radius 1 is 0.674 bits per heavy atom. The van der Waals surface area contributed by atoms with E-state index in [1.807, 2.05) is 0 Å². The highest BCUT2D eigenvalue weighted by Gasteiger charge is 2.44. The molecule has 2 aliphatic rings. The minimum atomic E-state index is -4.84. The largest absolute Gasteiger partial charge is 0.471 e. The van der Waals surface area contributed by atoms with Gasteiger partial charge in [-0.25, -0.2) is 21.6 Å². The molecule has 9 nitrogen and oxygen atoms in total. The lowest BCUT2D eigenvalue weighted by molar-refractivity contribution is -0.186. The van der Waals surface area contributed by atoms with E-state index in [0.29, 0.717) is 25.7 Å². The third-order valence-electron chi connectivity index (χ3n) is 7.61. The fourth-order valence-corrected chi connectivity index (χ4v) is 6.63. The van der Waals surface area contributed by atoms with E-state index in [-0.39, 0.29) is 55.2 Å². The van der Waals surface area contributed by atoms with Crippen LogP contribution in [-0.2, 0) is 28.7 Å².